The van der Waals surface area contributed by atoms with E-state index in [0.717, 1.165) is 25.1 Å². The Morgan fingerprint density at radius 2 is 2.00 bits per heavy atom. The zero-order chi connectivity index (χ0) is 13.8. The monoisotopic (exact) mass is 271 g/mol. The lowest BCUT2D eigenvalue weighted by Crippen LogP contribution is -2.33. The first kappa shape index (κ1) is 15.5. The van der Waals surface area contributed by atoms with Crippen LogP contribution in [0.15, 0.2) is 18.2 Å². The van der Waals surface area contributed by atoms with Crippen LogP contribution in [0.2, 0.25) is 5.02 Å². The Balaban J connectivity index is 2.61. The van der Waals surface area contributed by atoms with Gasteiger partial charge in [0.25, 0.3) is 0 Å². The standard InChI is InChI=1S/C15H23ClFN/c1-11(2)9-18-10-15(3,4)8-12-7-13(17)5-6-14(12)16/h5-7,11,18H,8-10H2,1-4H3. The van der Waals surface area contributed by atoms with Crippen LogP contribution < -0.4 is 5.32 Å². The molecule has 0 atom stereocenters. The van der Waals surface area contributed by atoms with E-state index in [1.165, 1.54) is 12.1 Å². The second-order valence-corrected chi connectivity index (χ2v) is 6.51. The third-order valence-corrected chi connectivity index (χ3v) is 3.20. The number of hydrogen-bond acceptors (Lipinski definition) is 1. The Kier molecular flexibility index (Phi) is 5.61. The summed E-state index contributed by atoms with van der Waals surface area (Å²) < 4.78 is 13.2. The van der Waals surface area contributed by atoms with Crippen LogP contribution >= 0.6 is 11.6 Å². The molecule has 0 fully saturated rings. The van der Waals surface area contributed by atoms with E-state index in [2.05, 4.69) is 33.0 Å². The van der Waals surface area contributed by atoms with Gasteiger partial charge in [-0.1, -0.05) is 39.3 Å². The maximum atomic E-state index is 13.2. The summed E-state index contributed by atoms with van der Waals surface area (Å²) in [6.07, 6.45) is 0.773. The van der Waals surface area contributed by atoms with Gasteiger partial charge in [0.1, 0.15) is 5.82 Å². The van der Waals surface area contributed by atoms with Gasteiger partial charge < -0.3 is 5.32 Å². The van der Waals surface area contributed by atoms with Gasteiger partial charge in [-0.15, -0.1) is 0 Å². The number of nitrogens with one attached hydrogen (secondary N) is 1. The summed E-state index contributed by atoms with van der Waals surface area (Å²) in [6.45, 7) is 10.6. The van der Waals surface area contributed by atoms with Crippen molar-refractivity contribution >= 4 is 11.6 Å². The van der Waals surface area contributed by atoms with Gasteiger partial charge in [0.15, 0.2) is 0 Å². The van der Waals surface area contributed by atoms with E-state index >= 15 is 0 Å². The summed E-state index contributed by atoms with van der Waals surface area (Å²) >= 11 is 6.10. The van der Waals surface area contributed by atoms with Gasteiger partial charge in [-0.3, -0.25) is 0 Å². The van der Waals surface area contributed by atoms with Crippen LogP contribution in [0.4, 0.5) is 4.39 Å². The lowest BCUT2D eigenvalue weighted by molar-refractivity contribution is 0.330. The maximum absolute atomic E-state index is 13.2. The van der Waals surface area contributed by atoms with Gasteiger partial charge in [0, 0.05) is 11.6 Å². The van der Waals surface area contributed by atoms with E-state index in [4.69, 9.17) is 11.6 Å². The molecule has 0 radical (unpaired) electrons. The second kappa shape index (κ2) is 6.53. The van der Waals surface area contributed by atoms with Crippen LogP contribution in [0.5, 0.6) is 0 Å². The molecule has 0 amide bonds. The molecule has 0 unspecified atom stereocenters. The molecule has 1 N–H and O–H groups in total. The van der Waals surface area contributed by atoms with Crippen molar-refractivity contribution < 1.29 is 4.39 Å². The highest BCUT2D eigenvalue weighted by Crippen LogP contribution is 2.26. The lowest BCUT2D eigenvalue weighted by atomic mass is 9.85. The lowest BCUT2D eigenvalue weighted by Gasteiger charge is -2.26. The van der Waals surface area contributed by atoms with Crippen LogP contribution in [0.1, 0.15) is 33.3 Å². The van der Waals surface area contributed by atoms with Crippen molar-refractivity contribution in [2.24, 2.45) is 11.3 Å². The summed E-state index contributed by atoms with van der Waals surface area (Å²) in [7, 11) is 0. The second-order valence-electron chi connectivity index (χ2n) is 6.10. The molecule has 0 bridgehead atoms. The molecule has 18 heavy (non-hydrogen) atoms. The average Bonchev–Trinajstić information content (AvgIpc) is 2.22. The molecular weight excluding hydrogens is 249 g/mol. The van der Waals surface area contributed by atoms with Crippen LogP contribution in [-0.2, 0) is 6.42 Å². The van der Waals surface area contributed by atoms with E-state index in [1.807, 2.05) is 0 Å². The van der Waals surface area contributed by atoms with Crippen molar-refractivity contribution in [1.29, 1.82) is 0 Å². The molecule has 0 heterocycles. The molecule has 1 aromatic rings. The van der Waals surface area contributed by atoms with Gasteiger partial charge in [0.2, 0.25) is 0 Å². The van der Waals surface area contributed by atoms with Crippen molar-refractivity contribution in [1.82, 2.24) is 5.32 Å². The van der Waals surface area contributed by atoms with Gasteiger partial charge in [-0.2, -0.15) is 0 Å². The van der Waals surface area contributed by atoms with Crippen molar-refractivity contribution in [2.75, 3.05) is 13.1 Å². The Labute approximate surface area is 115 Å². The van der Waals surface area contributed by atoms with Crippen molar-refractivity contribution in [3.8, 4) is 0 Å². The summed E-state index contributed by atoms with van der Waals surface area (Å²) in [5.74, 6) is 0.416. The molecule has 0 aliphatic heterocycles. The summed E-state index contributed by atoms with van der Waals surface area (Å²) in [5, 5.41) is 4.09. The van der Waals surface area contributed by atoms with E-state index in [-0.39, 0.29) is 11.2 Å². The summed E-state index contributed by atoms with van der Waals surface area (Å²) in [4.78, 5) is 0. The highest BCUT2D eigenvalue weighted by Gasteiger charge is 2.20. The summed E-state index contributed by atoms with van der Waals surface area (Å²) in [6, 6.07) is 4.56. The van der Waals surface area contributed by atoms with Gasteiger partial charge in [0.05, 0.1) is 0 Å². The topological polar surface area (TPSA) is 12.0 Å². The Morgan fingerprint density at radius 3 is 2.61 bits per heavy atom. The van der Waals surface area contributed by atoms with E-state index in [9.17, 15) is 4.39 Å². The molecule has 102 valence electrons. The highest BCUT2D eigenvalue weighted by atomic mass is 35.5. The van der Waals surface area contributed by atoms with E-state index < -0.39 is 0 Å². The molecular formula is C15H23ClFN. The first-order valence-electron chi connectivity index (χ1n) is 6.45. The molecule has 1 rings (SSSR count). The molecule has 0 aliphatic rings. The zero-order valence-electron chi connectivity index (χ0n) is 11.7. The fraction of sp³-hybridized carbons (Fsp3) is 0.600. The maximum Gasteiger partial charge on any atom is 0.123 e. The van der Waals surface area contributed by atoms with Crippen molar-refractivity contribution in [3.05, 3.63) is 34.6 Å². The van der Waals surface area contributed by atoms with E-state index in [0.29, 0.717) is 10.9 Å². The quantitative estimate of drug-likeness (QED) is 0.814. The number of halogens is 2. The normalized spacial score (nSPS) is 12.2. The van der Waals surface area contributed by atoms with Crippen LogP contribution in [0.3, 0.4) is 0 Å². The SMILES string of the molecule is CC(C)CNCC(C)(C)Cc1cc(F)ccc1Cl. The van der Waals surface area contributed by atoms with Crippen molar-refractivity contribution in [3.63, 3.8) is 0 Å². The van der Waals surface area contributed by atoms with Gasteiger partial charge in [-0.25, -0.2) is 4.39 Å². The number of hydrogen-bond donors (Lipinski definition) is 1. The summed E-state index contributed by atoms with van der Waals surface area (Å²) in [5.41, 5.74) is 0.944. The molecule has 0 spiro atoms. The minimum atomic E-state index is -0.222. The Hall–Kier alpha value is -0.600. The molecule has 0 saturated heterocycles. The minimum absolute atomic E-state index is 0.0618. The first-order valence-corrected chi connectivity index (χ1v) is 6.82. The third kappa shape index (κ3) is 5.36. The smallest absolute Gasteiger partial charge is 0.123 e. The van der Waals surface area contributed by atoms with Crippen LogP contribution in [0, 0.1) is 17.2 Å². The van der Waals surface area contributed by atoms with Gasteiger partial charge >= 0.3 is 0 Å². The third-order valence-electron chi connectivity index (χ3n) is 2.83. The average molecular weight is 272 g/mol. The predicted molar refractivity (Wildman–Crippen MR) is 76.6 cm³/mol. The largest absolute Gasteiger partial charge is 0.316 e. The van der Waals surface area contributed by atoms with Crippen LogP contribution in [-0.4, -0.2) is 13.1 Å². The van der Waals surface area contributed by atoms with Crippen molar-refractivity contribution in [2.45, 2.75) is 34.1 Å². The Morgan fingerprint density at radius 1 is 1.33 bits per heavy atom. The molecule has 0 aliphatic carbocycles. The number of benzene rings is 1. The minimum Gasteiger partial charge on any atom is -0.316 e. The van der Waals surface area contributed by atoms with Crippen LogP contribution in [0.25, 0.3) is 0 Å². The fourth-order valence-electron chi connectivity index (χ4n) is 1.96. The zero-order valence-corrected chi connectivity index (χ0v) is 12.4. The number of rotatable bonds is 6. The molecule has 0 saturated carbocycles. The van der Waals surface area contributed by atoms with E-state index in [1.54, 1.807) is 6.07 Å². The first-order chi connectivity index (χ1) is 8.30. The molecule has 1 nitrogen and oxygen atoms in total. The van der Waals surface area contributed by atoms with Gasteiger partial charge in [-0.05, 0) is 48.1 Å². The fourth-order valence-corrected chi connectivity index (χ4v) is 2.14. The molecule has 0 aromatic heterocycles. The molecule has 1 aromatic carbocycles. The highest BCUT2D eigenvalue weighted by molar-refractivity contribution is 6.31. The Bertz CT molecular complexity index is 388. The predicted octanol–water partition coefficient (Wildman–Crippen LogP) is 4.29. The molecule has 3 heteroatoms.